The number of methoxy groups -OCH3 is 1. The van der Waals surface area contributed by atoms with Crippen LogP contribution >= 0.6 is 23.2 Å². The van der Waals surface area contributed by atoms with Crippen LogP contribution in [0.5, 0.6) is 11.5 Å². The molecule has 6 unspecified atom stereocenters. The first-order chi connectivity index (χ1) is 24.4. The van der Waals surface area contributed by atoms with Gasteiger partial charge in [0.15, 0.2) is 5.82 Å². The van der Waals surface area contributed by atoms with Gasteiger partial charge in [-0.1, -0.05) is 53.1 Å². The number of carbonyl (C=O) groups excluding carboxylic acids is 4. The van der Waals surface area contributed by atoms with Gasteiger partial charge in [0.1, 0.15) is 11.5 Å². The number of ether oxygens (including phenoxy) is 1. The van der Waals surface area contributed by atoms with Gasteiger partial charge >= 0.3 is 6.18 Å². The molecule has 4 amide bonds. The van der Waals surface area contributed by atoms with E-state index in [1.165, 1.54) is 24.1 Å². The molecule has 10 nitrogen and oxygen atoms in total. The van der Waals surface area contributed by atoms with Crippen molar-refractivity contribution in [3.63, 3.8) is 0 Å². The summed E-state index contributed by atoms with van der Waals surface area (Å²) in [6.45, 7) is 5.32. The maximum Gasteiger partial charge on any atom is 0.417 e. The zero-order valence-electron chi connectivity index (χ0n) is 28.3. The van der Waals surface area contributed by atoms with Crippen LogP contribution < -0.4 is 10.2 Å². The summed E-state index contributed by atoms with van der Waals surface area (Å²) in [6.07, 6.45) is -2.17. The van der Waals surface area contributed by atoms with E-state index in [2.05, 4.69) is 10.4 Å². The number of phenols is 1. The number of pyridine rings is 1. The number of anilines is 1. The SMILES string of the molecule is COc1cc(O)ccc1C1C2=CCC3C(=O)N(C(C)(C)C)C(=O)C3C2CC2C(=O)N(Nc3ncc(C(F)(F)F)cc3Cl)C(=O)C21c1ccc(Cl)cc1. The first-order valence-electron chi connectivity index (χ1n) is 16.5. The highest BCUT2D eigenvalue weighted by molar-refractivity contribution is 6.33. The summed E-state index contributed by atoms with van der Waals surface area (Å²) in [5.41, 5.74) is 0.371. The summed E-state index contributed by atoms with van der Waals surface area (Å²) in [7, 11) is 1.39. The number of alkyl halides is 3. The Kier molecular flexibility index (Phi) is 8.41. The number of hydrogen-bond donors (Lipinski definition) is 2. The van der Waals surface area contributed by atoms with Crippen molar-refractivity contribution in [2.24, 2.45) is 23.7 Å². The fraction of sp³-hybridized carbons (Fsp3) is 0.378. The monoisotopic (exact) mass is 756 g/mol. The molecule has 1 aromatic heterocycles. The summed E-state index contributed by atoms with van der Waals surface area (Å²) < 4.78 is 46.1. The predicted octanol–water partition coefficient (Wildman–Crippen LogP) is 6.90. The van der Waals surface area contributed by atoms with Crippen molar-refractivity contribution in [1.29, 1.82) is 0 Å². The number of amides is 4. The van der Waals surface area contributed by atoms with Crippen LogP contribution in [0.1, 0.15) is 56.2 Å². The van der Waals surface area contributed by atoms with Gasteiger partial charge in [-0.25, -0.2) is 4.98 Å². The Hall–Kier alpha value is -4.62. The van der Waals surface area contributed by atoms with Crippen LogP contribution in [-0.2, 0) is 30.8 Å². The number of halogens is 5. The van der Waals surface area contributed by atoms with Gasteiger partial charge in [0.2, 0.25) is 11.8 Å². The minimum absolute atomic E-state index is 0.0273. The number of imide groups is 2. The Bertz CT molecular complexity index is 2070. The molecule has 15 heteroatoms. The fourth-order valence-corrected chi connectivity index (χ4v) is 9.06. The molecule has 2 aliphatic heterocycles. The highest BCUT2D eigenvalue weighted by Crippen LogP contribution is 2.65. The van der Waals surface area contributed by atoms with Crippen molar-refractivity contribution >= 4 is 52.6 Å². The Morgan fingerprint density at radius 1 is 0.962 bits per heavy atom. The number of benzene rings is 2. The van der Waals surface area contributed by atoms with E-state index in [1.54, 1.807) is 51.1 Å². The van der Waals surface area contributed by atoms with Gasteiger partial charge in [-0.05, 0) is 69.4 Å². The lowest BCUT2D eigenvalue weighted by molar-refractivity contribution is -0.146. The third-order valence-corrected chi connectivity index (χ3v) is 11.3. The van der Waals surface area contributed by atoms with Crippen LogP contribution in [0.15, 0.2) is 66.4 Å². The first-order valence-corrected chi connectivity index (χ1v) is 17.2. The smallest absolute Gasteiger partial charge is 0.417 e. The molecule has 0 bridgehead atoms. The van der Waals surface area contributed by atoms with E-state index >= 15 is 4.79 Å². The standard InChI is InChI=1S/C37H33Cl2F3N4O6/c1-35(2,3)45-31(48)23-12-11-21-24(28(23)33(45)50)15-25-32(49)46(44-30-26(39)13-18(16-43-30)37(40,41)42)34(51)36(25,17-5-7-19(38)8-6-17)29(21)22-10-9-20(47)14-27(22)52-4/h5-11,13-14,16,23-25,28-29,47H,12,15H2,1-4H3,(H,43,44). The van der Waals surface area contributed by atoms with Crippen molar-refractivity contribution in [2.45, 2.75) is 56.7 Å². The second kappa shape index (κ2) is 12.2. The average molecular weight is 758 g/mol. The number of nitrogens with one attached hydrogen (secondary N) is 1. The number of hydrogen-bond acceptors (Lipinski definition) is 8. The maximum absolute atomic E-state index is 15.3. The summed E-state index contributed by atoms with van der Waals surface area (Å²) in [4.78, 5) is 63.2. The zero-order valence-corrected chi connectivity index (χ0v) is 29.8. The van der Waals surface area contributed by atoms with Crippen LogP contribution in [0, 0.1) is 23.7 Å². The van der Waals surface area contributed by atoms with Gasteiger partial charge < -0.3 is 9.84 Å². The van der Waals surface area contributed by atoms with Crippen LogP contribution in [0.25, 0.3) is 0 Å². The van der Waals surface area contributed by atoms with Crippen LogP contribution in [0.3, 0.4) is 0 Å². The molecule has 0 radical (unpaired) electrons. The van der Waals surface area contributed by atoms with Crippen LogP contribution in [0.2, 0.25) is 10.0 Å². The normalized spacial score (nSPS) is 27.3. The minimum atomic E-state index is -4.75. The van der Waals surface area contributed by atoms with Crippen molar-refractivity contribution in [3.8, 4) is 11.5 Å². The van der Waals surface area contributed by atoms with E-state index < -0.39 is 69.1 Å². The van der Waals surface area contributed by atoms with Gasteiger partial charge in [0.25, 0.3) is 11.8 Å². The van der Waals surface area contributed by atoms with Crippen molar-refractivity contribution in [2.75, 3.05) is 12.5 Å². The van der Waals surface area contributed by atoms with E-state index in [0.717, 1.165) is 5.01 Å². The Labute approximate surface area is 306 Å². The molecule has 3 aromatic rings. The largest absolute Gasteiger partial charge is 0.508 e. The maximum atomic E-state index is 15.3. The summed E-state index contributed by atoms with van der Waals surface area (Å²) in [5, 5.41) is 11.1. The lowest BCUT2D eigenvalue weighted by Gasteiger charge is -2.50. The molecule has 272 valence electrons. The van der Waals surface area contributed by atoms with E-state index in [-0.39, 0.29) is 42.0 Å². The number of fused-ring (bicyclic) bond motifs is 4. The minimum Gasteiger partial charge on any atom is -0.508 e. The Balaban J connectivity index is 1.46. The number of hydrazine groups is 1. The van der Waals surface area contributed by atoms with Crippen molar-refractivity contribution in [3.05, 3.63) is 93.1 Å². The van der Waals surface area contributed by atoms with Gasteiger partial charge in [-0.2, -0.15) is 18.2 Å². The highest BCUT2D eigenvalue weighted by Gasteiger charge is 2.71. The second-order valence-corrected chi connectivity index (χ2v) is 15.4. The van der Waals surface area contributed by atoms with Crippen LogP contribution in [-0.4, -0.2) is 56.3 Å². The third kappa shape index (κ3) is 5.26. The van der Waals surface area contributed by atoms with Gasteiger partial charge in [0, 0.05) is 34.3 Å². The summed E-state index contributed by atoms with van der Waals surface area (Å²) in [5.74, 6) is -6.88. The summed E-state index contributed by atoms with van der Waals surface area (Å²) >= 11 is 12.6. The molecule has 7 rings (SSSR count). The molecule has 6 atom stereocenters. The number of carbonyl (C=O) groups is 4. The van der Waals surface area contributed by atoms with Crippen molar-refractivity contribution < 1.29 is 42.2 Å². The molecule has 1 saturated carbocycles. The van der Waals surface area contributed by atoms with E-state index in [4.69, 9.17) is 27.9 Å². The average Bonchev–Trinajstić information content (AvgIpc) is 3.46. The van der Waals surface area contributed by atoms with E-state index in [9.17, 15) is 32.7 Å². The molecule has 3 fully saturated rings. The lowest BCUT2D eigenvalue weighted by atomic mass is 9.49. The number of allylic oxidation sites excluding steroid dienone is 2. The molecule has 2 saturated heterocycles. The molecule has 2 N–H and O–H groups in total. The van der Waals surface area contributed by atoms with E-state index in [0.29, 0.717) is 34.0 Å². The zero-order chi connectivity index (χ0) is 37.7. The number of aromatic hydroxyl groups is 1. The molecule has 2 aromatic carbocycles. The molecule has 3 heterocycles. The van der Waals surface area contributed by atoms with Crippen LogP contribution in [0.4, 0.5) is 19.0 Å². The number of likely N-dealkylation sites (tertiary alicyclic amines) is 1. The third-order valence-electron chi connectivity index (χ3n) is 10.8. The van der Waals surface area contributed by atoms with Gasteiger partial charge in [0.05, 0.1) is 40.9 Å². The fourth-order valence-electron chi connectivity index (χ4n) is 8.73. The molecule has 0 spiro atoms. The van der Waals surface area contributed by atoms with Gasteiger partial charge in [-0.15, -0.1) is 0 Å². The Morgan fingerprint density at radius 2 is 1.65 bits per heavy atom. The Morgan fingerprint density at radius 3 is 2.27 bits per heavy atom. The number of rotatable bonds is 5. The molecule has 2 aliphatic carbocycles. The topological polar surface area (TPSA) is 129 Å². The van der Waals surface area contributed by atoms with E-state index in [1.807, 2.05) is 6.08 Å². The van der Waals surface area contributed by atoms with Crippen molar-refractivity contribution in [1.82, 2.24) is 14.9 Å². The molecular weight excluding hydrogens is 724 g/mol. The molecule has 4 aliphatic rings. The molecular formula is C37H33Cl2F3N4O6. The highest BCUT2D eigenvalue weighted by atomic mass is 35.5. The number of nitrogens with zero attached hydrogens (tertiary/aromatic N) is 3. The second-order valence-electron chi connectivity index (χ2n) is 14.5. The lowest BCUT2D eigenvalue weighted by Crippen LogP contribution is -2.53. The first kappa shape index (κ1) is 35.8. The predicted molar refractivity (Wildman–Crippen MR) is 183 cm³/mol. The van der Waals surface area contributed by atoms with Gasteiger partial charge in [-0.3, -0.25) is 29.5 Å². The quantitative estimate of drug-likeness (QED) is 0.213. The summed E-state index contributed by atoms with van der Waals surface area (Å²) in [6, 6.07) is 11.4. The number of aromatic nitrogens is 1. The number of phenolic OH excluding ortho intramolecular Hbond substituents is 1. The molecule has 52 heavy (non-hydrogen) atoms.